The zero-order chi connectivity index (χ0) is 29.7. The fourth-order valence-electron chi connectivity index (χ4n) is 5.46. The van der Waals surface area contributed by atoms with Gasteiger partial charge in [-0.1, -0.05) is 168 Å². The van der Waals surface area contributed by atoms with E-state index in [9.17, 15) is 25.2 Å². The fourth-order valence-corrected chi connectivity index (χ4v) is 5.46. The van der Waals surface area contributed by atoms with Crippen LogP contribution in [0.25, 0.3) is 0 Å². The van der Waals surface area contributed by atoms with Crippen molar-refractivity contribution in [3.05, 3.63) is 0 Å². The van der Waals surface area contributed by atoms with Crippen molar-refractivity contribution in [2.45, 2.75) is 205 Å². The first-order valence-electron chi connectivity index (χ1n) is 17.4. The van der Waals surface area contributed by atoms with Crippen LogP contribution < -0.4 is 5.32 Å². The highest BCUT2D eigenvalue weighted by molar-refractivity contribution is 5.80. The third-order valence-electron chi connectivity index (χ3n) is 8.32. The van der Waals surface area contributed by atoms with Gasteiger partial charge in [-0.2, -0.15) is 0 Å². The first-order chi connectivity index (χ1) is 19.5. The predicted molar refractivity (Wildman–Crippen MR) is 168 cm³/mol. The largest absolute Gasteiger partial charge is 0.394 e. The molecule has 0 aromatic heterocycles. The zero-order valence-corrected chi connectivity index (χ0v) is 26.6. The Balaban J connectivity index is 3.83. The van der Waals surface area contributed by atoms with Crippen molar-refractivity contribution in [3.63, 3.8) is 0 Å². The van der Waals surface area contributed by atoms with E-state index in [1.807, 2.05) is 0 Å². The van der Waals surface area contributed by atoms with Crippen LogP contribution >= 0.6 is 0 Å². The molecule has 0 saturated heterocycles. The molecular weight excluding hydrogens is 502 g/mol. The molecular formula is C34H69NO5. The highest BCUT2D eigenvalue weighted by atomic mass is 16.3. The summed E-state index contributed by atoms with van der Waals surface area (Å²) in [5.41, 5.74) is 0. The van der Waals surface area contributed by atoms with E-state index < -0.39 is 36.9 Å². The summed E-state index contributed by atoms with van der Waals surface area (Å²) >= 11 is 0. The van der Waals surface area contributed by atoms with E-state index in [1.165, 1.54) is 116 Å². The van der Waals surface area contributed by atoms with Crippen molar-refractivity contribution in [2.24, 2.45) is 0 Å². The standard InChI is InChI=1S/C34H69NO5/c1-3-5-7-9-11-13-15-17-19-21-23-25-27-31(37)33(39)30(29-36)35-34(40)32(38)28-26-24-22-20-18-16-14-12-10-8-6-4-2/h30-33,36-39H,3-29H2,1-2H3,(H,35,40)/t30-,31+,32+,33-/m0/s1. The summed E-state index contributed by atoms with van der Waals surface area (Å²) < 4.78 is 0. The summed E-state index contributed by atoms with van der Waals surface area (Å²) in [6.07, 6.45) is 26.9. The molecule has 0 aromatic carbocycles. The van der Waals surface area contributed by atoms with E-state index in [4.69, 9.17) is 0 Å². The lowest BCUT2D eigenvalue weighted by molar-refractivity contribution is -0.132. The van der Waals surface area contributed by atoms with Crippen LogP contribution in [0.1, 0.15) is 181 Å². The molecule has 0 aliphatic heterocycles. The molecule has 4 atom stereocenters. The lowest BCUT2D eigenvalue weighted by atomic mass is 9.99. The van der Waals surface area contributed by atoms with E-state index in [0.29, 0.717) is 12.8 Å². The first kappa shape index (κ1) is 39.3. The Morgan fingerprint density at radius 1 is 0.525 bits per heavy atom. The number of hydrogen-bond donors (Lipinski definition) is 5. The minimum atomic E-state index is -1.25. The maximum Gasteiger partial charge on any atom is 0.249 e. The summed E-state index contributed by atoms with van der Waals surface area (Å²) in [4.78, 5) is 12.4. The number of carbonyl (C=O) groups is 1. The number of unbranched alkanes of at least 4 members (excludes halogenated alkanes) is 22. The molecule has 0 radical (unpaired) electrons. The van der Waals surface area contributed by atoms with Crippen molar-refractivity contribution in [1.29, 1.82) is 0 Å². The Morgan fingerprint density at radius 3 is 1.20 bits per heavy atom. The molecule has 0 rings (SSSR count). The van der Waals surface area contributed by atoms with Gasteiger partial charge in [0, 0.05) is 0 Å². The van der Waals surface area contributed by atoms with Gasteiger partial charge in [0.1, 0.15) is 12.2 Å². The van der Waals surface area contributed by atoms with Crippen LogP contribution in [0.4, 0.5) is 0 Å². The van der Waals surface area contributed by atoms with Crippen LogP contribution in [-0.4, -0.2) is 57.3 Å². The maximum atomic E-state index is 12.4. The molecule has 0 unspecified atom stereocenters. The molecule has 0 heterocycles. The number of aliphatic hydroxyl groups is 4. The lowest BCUT2D eigenvalue weighted by Crippen LogP contribution is -2.53. The molecule has 0 spiro atoms. The van der Waals surface area contributed by atoms with E-state index in [2.05, 4.69) is 19.2 Å². The molecule has 0 bridgehead atoms. The average molecular weight is 572 g/mol. The number of carbonyl (C=O) groups excluding carboxylic acids is 1. The average Bonchev–Trinajstić information content (AvgIpc) is 2.96. The molecule has 0 aliphatic carbocycles. The Hall–Kier alpha value is -0.690. The molecule has 5 N–H and O–H groups in total. The molecule has 6 nitrogen and oxygen atoms in total. The van der Waals surface area contributed by atoms with Gasteiger partial charge in [-0.15, -0.1) is 0 Å². The van der Waals surface area contributed by atoms with Gasteiger partial charge in [0.2, 0.25) is 5.91 Å². The van der Waals surface area contributed by atoms with Crippen LogP contribution in [0.2, 0.25) is 0 Å². The van der Waals surface area contributed by atoms with E-state index in [1.54, 1.807) is 0 Å². The normalized spacial score (nSPS) is 14.7. The van der Waals surface area contributed by atoms with Gasteiger partial charge in [0.05, 0.1) is 18.8 Å². The molecule has 0 saturated carbocycles. The molecule has 0 aromatic rings. The number of rotatable bonds is 31. The van der Waals surface area contributed by atoms with Gasteiger partial charge in [0.25, 0.3) is 0 Å². The zero-order valence-electron chi connectivity index (χ0n) is 26.6. The summed E-state index contributed by atoms with van der Waals surface area (Å²) in [5.74, 6) is -0.585. The Kier molecular flexibility index (Phi) is 29.3. The number of amides is 1. The van der Waals surface area contributed by atoms with Crippen molar-refractivity contribution in [3.8, 4) is 0 Å². The number of hydrogen-bond acceptors (Lipinski definition) is 5. The van der Waals surface area contributed by atoms with E-state index in [0.717, 1.165) is 38.5 Å². The Labute approximate surface area is 248 Å². The summed E-state index contributed by atoms with van der Waals surface area (Å²) in [6.45, 7) is 4.01. The number of nitrogens with one attached hydrogen (secondary N) is 1. The van der Waals surface area contributed by atoms with Gasteiger partial charge in [-0.3, -0.25) is 4.79 Å². The molecule has 6 heteroatoms. The fraction of sp³-hybridized carbons (Fsp3) is 0.971. The highest BCUT2D eigenvalue weighted by Gasteiger charge is 2.28. The van der Waals surface area contributed by atoms with Crippen molar-refractivity contribution in [2.75, 3.05) is 6.61 Å². The topological polar surface area (TPSA) is 110 Å². The van der Waals surface area contributed by atoms with Crippen LogP contribution in [0.3, 0.4) is 0 Å². The van der Waals surface area contributed by atoms with Crippen LogP contribution in [0.5, 0.6) is 0 Å². The van der Waals surface area contributed by atoms with E-state index in [-0.39, 0.29) is 0 Å². The first-order valence-corrected chi connectivity index (χ1v) is 17.4. The SMILES string of the molecule is CCCCCCCCCCCCCC[C@@H](O)C(=O)N[C@@H](CO)[C@H](O)[C@H](O)CCCCCCCCCCCCCC. The van der Waals surface area contributed by atoms with Crippen molar-refractivity contribution >= 4 is 5.91 Å². The monoisotopic (exact) mass is 572 g/mol. The van der Waals surface area contributed by atoms with Crippen molar-refractivity contribution in [1.82, 2.24) is 5.32 Å². The van der Waals surface area contributed by atoms with Gasteiger partial charge < -0.3 is 25.7 Å². The quantitative estimate of drug-likeness (QED) is 0.0547. The predicted octanol–water partition coefficient (Wildman–Crippen LogP) is 7.73. The molecule has 240 valence electrons. The highest BCUT2D eigenvalue weighted by Crippen LogP contribution is 2.16. The minimum absolute atomic E-state index is 0.374. The molecule has 0 fully saturated rings. The van der Waals surface area contributed by atoms with Crippen LogP contribution in [-0.2, 0) is 4.79 Å². The van der Waals surface area contributed by atoms with Crippen LogP contribution in [0.15, 0.2) is 0 Å². The summed E-state index contributed by atoms with van der Waals surface area (Å²) in [5, 5.41) is 43.3. The second kappa shape index (κ2) is 29.8. The minimum Gasteiger partial charge on any atom is -0.394 e. The molecule has 40 heavy (non-hydrogen) atoms. The van der Waals surface area contributed by atoms with E-state index >= 15 is 0 Å². The molecule has 0 aliphatic rings. The maximum absolute atomic E-state index is 12.4. The third kappa shape index (κ3) is 24.0. The Morgan fingerprint density at radius 2 is 0.850 bits per heavy atom. The van der Waals surface area contributed by atoms with Gasteiger partial charge in [0.15, 0.2) is 0 Å². The summed E-state index contributed by atoms with van der Waals surface area (Å²) in [6, 6.07) is -0.976. The third-order valence-corrected chi connectivity index (χ3v) is 8.32. The van der Waals surface area contributed by atoms with Gasteiger partial charge >= 0.3 is 0 Å². The lowest BCUT2D eigenvalue weighted by Gasteiger charge is -2.27. The van der Waals surface area contributed by atoms with Crippen molar-refractivity contribution < 1.29 is 25.2 Å². The smallest absolute Gasteiger partial charge is 0.249 e. The molecule has 1 amide bonds. The van der Waals surface area contributed by atoms with Gasteiger partial charge in [-0.05, 0) is 12.8 Å². The van der Waals surface area contributed by atoms with Crippen LogP contribution in [0, 0.1) is 0 Å². The number of aliphatic hydroxyl groups excluding tert-OH is 4. The summed E-state index contributed by atoms with van der Waals surface area (Å²) in [7, 11) is 0. The Bertz CT molecular complexity index is 532. The van der Waals surface area contributed by atoms with Gasteiger partial charge in [-0.25, -0.2) is 0 Å². The second-order valence-electron chi connectivity index (χ2n) is 12.2. The second-order valence-corrected chi connectivity index (χ2v) is 12.2.